The summed E-state index contributed by atoms with van der Waals surface area (Å²) in [7, 11) is -3.65. The lowest BCUT2D eigenvalue weighted by Gasteiger charge is -2.18. The maximum Gasteiger partial charge on any atom is 0.276 e. The van der Waals surface area contributed by atoms with Gasteiger partial charge in [-0.3, -0.25) is 9.89 Å². The van der Waals surface area contributed by atoms with E-state index >= 15 is 0 Å². The first-order valence-corrected chi connectivity index (χ1v) is 11.8. The molecule has 2 aromatic heterocycles. The molecule has 0 spiro atoms. The Labute approximate surface area is 185 Å². The SMILES string of the molecule is CCc1[nH]n(-c2ccc(S(=O)(=O)N(CC)CC)cn2)c(=O)c1Cc1c(F)cccc1Cl. The first kappa shape index (κ1) is 23.2. The summed E-state index contributed by atoms with van der Waals surface area (Å²) >= 11 is 6.13. The van der Waals surface area contributed by atoms with Crippen LogP contribution in [0.1, 0.15) is 37.6 Å². The Kier molecular flexibility index (Phi) is 6.98. The van der Waals surface area contributed by atoms with Crippen LogP contribution >= 0.6 is 11.6 Å². The third-order valence-electron chi connectivity index (χ3n) is 5.13. The Hall–Kier alpha value is -2.49. The summed E-state index contributed by atoms with van der Waals surface area (Å²) in [5, 5.41) is 3.24. The molecule has 0 aliphatic rings. The average molecular weight is 467 g/mol. The fraction of sp³-hybridized carbons (Fsp3) is 0.333. The Morgan fingerprint density at radius 2 is 1.84 bits per heavy atom. The smallest absolute Gasteiger partial charge is 0.276 e. The number of hydrogen-bond donors (Lipinski definition) is 1. The standard InChI is InChI=1S/C21H24ClFN4O3S/c1-4-19-16(12-15-17(22)8-7-9-18(15)23)21(28)27(25-19)20-11-10-14(13-24-20)31(29,30)26(5-2)6-3/h7-11,13,25H,4-6,12H2,1-3H3. The van der Waals surface area contributed by atoms with Crippen LogP contribution < -0.4 is 5.56 Å². The van der Waals surface area contributed by atoms with Gasteiger partial charge in [-0.1, -0.05) is 38.4 Å². The van der Waals surface area contributed by atoms with E-state index in [2.05, 4.69) is 10.1 Å². The summed E-state index contributed by atoms with van der Waals surface area (Å²) in [6, 6.07) is 7.27. The number of hydrogen-bond acceptors (Lipinski definition) is 4. The number of rotatable bonds is 8. The van der Waals surface area contributed by atoms with E-state index in [0.29, 0.717) is 30.8 Å². The number of aromatic amines is 1. The van der Waals surface area contributed by atoms with Crippen LogP contribution in [0.3, 0.4) is 0 Å². The van der Waals surface area contributed by atoms with Gasteiger partial charge in [0, 0.05) is 47.6 Å². The molecule has 2 heterocycles. The van der Waals surface area contributed by atoms with Crippen molar-refractivity contribution >= 4 is 21.6 Å². The second-order valence-corrected chi connectivity index (χ2v) is 9.23. The second-order valence-electron chi connectivity index (χ2n) is 6.88. The first-order chi connectivity index (χ1) is 14.7. The normalized spacial score (nSPS) is 11.9. The molecule has 0 aliphatic carbocycles. The van der Waals surface area contributed by atoms with E-state index in [-0.39, 0.29) is 33.3 Å². The van der Waals surface area contributed by atoms with Gasteiger partial charge >= 0.3 is 0 Å². The molecule has 0 saturated heterocycles. The average Bonchev–Trinajstić information content (AvgIpc) is 3.07. The molecule has 7 nitrogen and oxygen atoms in total. The first-order valence-electron chi connectivity index (χ1n) is 9.96. The highest BCUT2D eigenvalue weighted by atomic mass is 35.5. The number of aryl methyl sites for hydroxylation is 1. The van der Waals surface area contributed by atoms with Crippen molar-refractivity contribution in [2.24, 2.45) is 0 Å². The maximum absolute atomic E-state index is 14.2. The lowest BCUT2D eigenvalue weighted by molar-refractivity contribution is 0.445. The van der Waals surface area contributed by atoms with Gasteiger partial charge in [0.25, 0.3) is 5.56 Å². The molecule has 0 atom stereocenters. The number of aromatic nitrogens is 3. The predicted molar refractivity (Wildman–Crippen MR) is 118 cm³/mol. The molecule has 166 valence electrons. The van der Waals surface area contributed by atoms with E-state index in [4.69, 9.17) is 11.6 Å². The van der Waals surface area contributed by atoms with Crippen LogP contribution in [0.5, 0.6) is 0 Å². The summed E-state index contributed by atoms with van der Waals surface area (Å²) in [4.78, 5) is 17.3. The molecule has 0 unspecified atom stereocenters. The molecular weight excluding hydrogens is 443 g/mol. The third kappa shape index (κ3) is 4.44. The Balaban J connectivity index is 2.01. The predicted octanol–water partition coefficient (Wildman–Crippen LogP) is 3.54. The summed E-state index contributed by atoms with van der Waals surface area (Å²) < 4.78 is 42.1. The van der Waals surface area contributed by atoms with Gasteiger partial charge < -0.3 is 0 Å². The molecule has 0 saturated carbocycles. The highest BCUT2D eigenvalue weighted by Crippen LogP contribution is 2.23. The van der Waals surface area contributed by atoms with E-state index in [1.54, 1.807) is 19.9 Å². The zero-order valence-electron chi connectivity index (χ0n) is 17.5. The van der Waals surface area contributed by atoms with E-state index in [0.717, 1.165) is 0 Å². The quantitative estimate of drug-likeness (QED) is 0.550. The highest BCUT2D eigenvalue weighted by molar-refractivity contribution is 7.89. The molecule has 1 aromatic carbocycles. The van der Waals surface area contributed by atoms with Crippen LogP contribution in [0, 0.1) is 5.82 Å². The minimum atomic E-state index is -3.65. The second kappa shape index (κ2) is 9.33. The fourth-order valence-corrected chi connectivity index (χ4v) is 5.03. The van der Waals surface area contributed by atoms with Crippen LogP contribution in [0.4, 0.5) is 4.39 Å². The van der Waals surface area contributed by atoms with E-state index in [1.807, 2.05) is 6.92 Å². The molecule has 3 aromatic rings. The van der Waals surface area contributed by atoms with Crippen LogP contribution in [0.2, 0.25) is 5.02 Å². The van der Waals surface area contributed by atoms with Crippen LogP contribution in [-0.4, -0.2) is 40.6 Å². The topological polar surface area (TPSA) is 88.1 Å². The largest absolute Gasteiger partial charge is 0.293 e. The van der Waals surface area contributed by atoms with Crippen LogP contribution in [-0.2, 0) is 22.9 Å². The number of pyridine rings is 1. The monoisotopic (exact) mass is 466 g/mol. The molecule has 0 radical (unpaired) electrons. The van der Waals surface area contributed by atoms with Crippen molar-refractivity contribution in [3.8, 4) is 5.82 Å². The minimum Gasteiger partial charge on any atom is -0.293 e. The number of halogens is 2. The van der Waals surface area contributed by atoms with E-state index in [1.165, 1.54) is 39.4 Å². The van der Waals surface area contributed by atoms with Gasteiger partial charge in [0.1, 0.15) is 10.7 Å². The van der Waals surface area contributed by atoms with E-state index < -0.39 is 15.8 Å². The lowest BCUT2D eigenvalue weighted by Crippen LogP contribution is -2.30. The molecule has 10 heteroatoms. The van der Waals surface area contributed by atoms with Crippen molar-refractivity contribution in [1.82, 2.24) is 19.1 Å². The van der Waals surface area contributed by atoms with Crippen molar-refractivity contribution in [3.63, 3.8) is 0 Å². The number of nitrogens with one attached hydrogen (secondary N) is 1. The number of nitrogens with zero attached hydrogens (tertiary/aromatic N) is 3. The zero-order valence-corrected chi connectivity index (χ0v) is 19.1. The molecule has 31 heavy (non-hydrogen) atoms. The zero-order chi connectivity index (χ0) is 22.8. The van der Waals surface area contributed by atoms with Crippen LogP contribution in [0.25, 0.3) is 5.82 Å². The van der Waals surface area contributed by atoms with E-state index in [9.17, 15) is 17.6 Å². The number of sulfonamides is 1. The third-order valence-corrected chi connectivity index (χ3v) is 7.52. The Bertz CT molecular complexity index is 1210. The fourth-order valence-electron chi connectivity index (χ4n) is 3.40. The highest BCUT2D eigenvalue weighted by Gasteiger charge is 2.23. The summed E-state index contributed by atoms with van der Waals surface area (Å²) in [5.41, 5.74) is 0.876. The molecule has 0 fully saturated rings. The van der Waals surface area contributed by atoms with Crippen molar-refractivity contribution in [2.45, 2.75) is 38.5 Å². The molecule has 3 rings (SSSR count). The molecule has 0 bridgehead atoms. The molecule has 0 amide bonds. The van der Waals surface area contributed by atoms with Crippen molar-refractivity contribution in [2.75, 3.05) is 13.1 Å². The van der Waals surface area contributed by atoms with Gasteiger partial charge in [-0.25, -0.2) is 22.5 Å². The van der Waals surface area contributed by atoms with Crippen LogP contribution in [0.15, 0.2) is 46.2 Å². The van der Waals surface area contributed by atoms with Crippen molar-refractivity contribution in [3.05, 3.63) is 74.5 Å². The Morgan fingerprint density at radius 1 is 1.13 bits per heavy atom. The van der Waals surface area contributed by atoms with Gasteiger partial charge in [-0.2, -0.15) is 4.31 Å². The number of H-pyrrole nitrogens is 1. The molecule has 0 aliphatic heterocycles. The van der Waals surface area contributed by atoms with Crippen molar-refractivity contribution in [1.29, 1.82) is 0 Å². The summed E-state index contributed by atoms with van der Waals surface area (Å²) in [5.74, 6) is -0.241. The Morgan fingerprint density at radius 3 is 2.39 bits per heavy atom. The van der Waals surface area contributed by atoms with Gasteiger partial charge in [0.2, 0.25) is 10.0 Å². The van der Waals surface area contributed by atoms with Crippen molar-refractivity contribution < 1.29 is 12.8 Å². The summed E-state index contributed by atoms with van der Waals surface area (Å²) in [6.45, 7) is 6.08. The maximum atomic E-state index is 14.2. The number of benzene rings is 1. The van der Waals surface area contributed by atoms with Gasteiger partial charge in [0.05, 0.1) is 0 Å². The lowest BCUT2D eigenvalue weighted by atomic mass is 10.0. The molecule has 1 N–H and O–H groups in total. The van der Waals surface area contributed by atoms with Gasteiger partial charge in [-0.05, 0) is 30.7 Å². The summed E-state index contributed by atoms with van der Waals surface area (Å²) in [6.07, 6.45) is 1.78. The minimum absolute atomic E-state index is 0.0332. The van der Waals surface area contributed by atoms with Gasteiger partial charge in [0.15, 0.2) is 5.82 Å². The molecular formula is C21H24ClFN4O3S. The van der Waals surface area contributed by atoms with Gasteiger partial charge in [-0.15, -0.1) is 0 Å².